The summed E-state index contributed by atoms with van der Waals surface area (Å²) in [5.41, 5.74) is 1.36. The Balaban J connectivity index is 2.68. The van der Waals surface area contributed by atoms with Crippen molar-refractivity contribution in [1.29, 1.82) is 0 Å². The molecule has 0 unspecified atom stereocenters. The molecule has 0 saturated heterocycles. The fraction of sp³-hybridized carbons (Fsp3) is 0.308. The molecule has 1 aromatic rings. The zero-order valence-corrected chi connectivity index (χ0v) is 11.8. The molecule has 0 fully saturated rings. The molecule has 0 amide bonds. The SMILES string of the molecule is CC/C(=C/CNc1cccc(Cl)c1Cl)C(=O)OC. The van der Waals surface area contributed by atoms with Gasteiger partial charge in [0.25, 0.3) is 0 Å². The summed E-state index contributed by atoms with van der Waals surface area (Å²) in [6.07, 6.45) is 2.40. The second-order valence-corrected chi connectivity index (χ2v) is 4.34. The summed E-state index contributed by atoms with van der Waals surface area (Å²) in [6, 6.07) is 5.35. The second-order valence-electron chi connectivity index (χ2n) is 3.56. The van der Waals surface area contributed by atoms with Crippen LogP contribution in [0.2, 0.25) is 10.0 Å². The van der Waals surface area contributed by atoms with E-state index in [4.69, 9.17) is 23.2 Å². The van der Waals surface area contributed by atoms with Crippen molar-refractivity contribution in [1.82, 2.24) is 0 Å². The Morgan fingerprint density at radius 2 is 2.17 bits per heavy atom. The molecule has 0 heterocycles. The van der Waals surface area contributed by atoms with Gasteiger partial charge in [-0.3, -0.25) is 0 Å². The summed E-state index contributed by atoms with van der Waals surface area (Å²) in [6.45, 7) is 2.38. The third kappa shape index (κ3) is 3.93. The number of carbonyl (C=O) groups is 1. The number of methoxy groups -OCH3 is 1. The van der Waals surface area contributed by atoms with Crippen molar-refractivity contribution in [2.24, 2.45) is 0 Å². The summed E-state index contributed by atoms with van der Waals surface area (Å²) < 4.78 is 4.67. The van der Waals surface area contributed by atoms with Crippen LogP contribution in [0.1, 0.15) is 13.3 Å². The number of hydrogen-bond acceptors (Lipinski definition) is 3. The van der Waals surface area contributed by atoms with Gasteiger partial charge in [-0.15, -0.1) is 0 Å². The molecule has 1 N–H and O–H groups in total. The first-order valence-electron chi connectivity index (χ1n) is 5.55. The molecular weight excluding hydrogens is 273 g/mol. The molecule has 0 radical (unpaired) electrons. The third-order valence-corrected chi connectivity index (χ3v) is 3.24. The first kappa shape index (κ1) is 14.9. The molecule has 3 nitrogen and oxygen atoms in total. The second kappa shape index (κ2) is 7.29. The predicted octanol–water partition coefficient (Wildman–Crippen LogP) is 3.91. The summed E-state index contributed by atoms with van der Waals surface area (Å²) in [7, 11) is 1.37. The molecule has 0 aliphatic rings. The van der Waals surface area contributed by atoms with Gasteiger partial charge in [-0.1, -0.05) is 42.3 Å². The average Bonchev–Trinajstić information content (AvgIpc) is 2.38. The summed E-state index contributed by atoms with van der Waals surface area (Å²) in [4.78, 5) is 11.3. The molecule has 0 aliphatic carbocycles. The van der Waals surface area contributed by atoms with Gasteiger partial charge in [-0.2, -0.15) is 0 Å². The van der Waals surface area contributed by atoms with Gasteiger partial charge in [0.1, 0.15) is 0 Å². The van der Waals surface area contributed by atoms with E-state index in [2.05, 4.69) is 10.1 Å². The van der Waals surface area contributed by atoms with Crippen LogP contribution in [0, 0.1) is 0 Å². The zero-order valence-electron chi connectivity index (χ0n) is 10.3. The molecule has 1 rings (SSSR count). The lowest BCUT2D eigenvalue weighted by Gasteiger charge is -2.08. The van der Waals surface area contributed by atoms with Crippen LogP contribution in [0.15, 0.2) is 29.8 Å². The Morgan fingerprint density at radius 1 is 1.44 bits per heavy atom. The van der Waals surface area contributed by atoms with Crippen LogP contribution in [0.25, 0.3) is 0 Å². The van der Waals surface area contributed by atoms with E-state index in [-0.39, 0.29) is 5.97 Å². The maximum absolute atomic E-state index is 11.3. The number of esters is 1. The van der Waals surface area contributed by atoms with Crippen molar-refractivity contribution in [2.45, 2.75) is 13.3 Å². The number of halogens is 2. The van der Waals surface area contributed by atoms with Crippen molar-refractivity contribution in [2.75, 3.05) is 19.0 Å². The first-order chi connectivity index (χ1) is 8.60. The van der Waals surface area contributed by atoms with Crippen LogP contribution < -0.4 is 5.32 Å². The lowest BCUT2D eigenvalue weighted by molar-refractivity contribution is -0.136. The fourth-order valence-corrected chi connectivity index (χ4v) is 1.79. The van der Waals surface area contributed by atoms with E-state index in [9.17, 15) is 4.79 Å². The van der Waals surface area contributed by atoms with Gasteiger partial charge >= 0.3 is 5.97 Å². The molecule has 98 valence electrons. The summed E-state index contributed by atoms with van der Waals surface area (Å²) in [5.74, 6) is -0.309. The highest BCUT2D eigenvalue weighted by molar-refractivity contribution is 6.43. The third-order valence-electron chi connectivity index (χ3n) is 2.42. The Labute approximate surface area is 117 Å². The van der Waals surface area contributed by atoms with Crippen LogP contribution in [-0.4, -0.2) is 19.6 Å². The lowest BCUT2D eigenvalue weighted by Crippen LogP contribution is -2.07. The fourth-order valence-electron chi connectivity index (χ4n) is 1.43. The zero-order chi connectivity index (χ0) is 13.5. The van der Waals surface area contributed by atoms with E-state index in [0.29, 0.717) is 28.6 Å². The van der Waals surface area contributed by atoms with E-state index in [1.807, 2.05) is 13.0 Å². The van der Waals surface area contributed by atoms with Gasteiger partial charge in [0.05, 0.1) is 22.8 Å². The van der Waals surface area contributed by atoms with Gasteiger partial charge < -0.3 is 10.1 Å². The number of nitrogens with one attached hydrogen (secondary N) is 1. The van der Waals surface area contributed by atoms with E-state index >= 15 is 0 Å². The number of rotatable bonds is 5. The van der Waals surface area contributed by atoms with Gasteiger partial charge in [0.2, 0.25) is 0 Å². The molecule has 1 aromatic carbocycles. The number of hydrogen-bond donors (Lipinski definition) is 1. The minimum absolute atomic E-state index is 0.309. The van der Waals surface area contributed by atoms with Gasteiger partial charge in [0, 0.05) is 12.1 Å². The van der Waals surface area contributed by atoms with Crippen LogP contribution in [0.3, 0.4) is 0 Å². The lowest BCUT2D eigenvalue weighted by atomic mass is 10.2. The molecular formula is C13H15Cl2NO2. The Morgan fingerprint density at radius 3 is 2.78 bits per heavy atom. The minimum Gasteiger partial charge on any atom is -0.466 e. The summed E-state index contributed by atoms with van der Waals surface area (Å²) in [5, 5.41) is 4.07. The molecule has 0 saturated carbocycles. The number of benzene rings is 1. The van der Waals surface area contributed by atoms with E-state index in [1.165, 1.54) is 7.11 Å². The maximum Gasteiger partial charge on any atom is 0.333 e. The van der Waals surface area contributed by atoms with Crippen molar-refractivity contribution < 1.29 is 9.53 Å². The summed E-state index contributed by atoms with van der Waals surface area (Å²) >= 11 is 11.9. The Hall–Kier alpha value is -1.19. The van der Waals surface area contributed by atoms with Crippen LogP contribution in [0.5, 0.6) is 0 Å². The molecule has 0 aliphatic heterocycles. The standard InChI is InChI=1S/C13H15Cl2NO2/c1-3-9(13(17)18-2)7-8-16-11-6-4-5-10(14)12(11)15/h4-7,16H,3,8H2,1-2H3/b9-7-. The van der Waals surface area contributed by atoms with Crippen LogP contribution in [0.4, 0.5) is 5.69 Å². The van der Waals surface area contributed by atoms with Crippen molar-refractivity contribution in [3.05, 3.63) is 39.9 Å². The largest absolute Gasteiger partial charge is 0.466 e. The molecule has 5 heteroatoms. The average molecular weight is 288 g/mol. The topological polar surface area (TPSA) is 38.3 Å². The van der Waals surface area contributed by atoms with Crippen molar-refractivity contribution >= 4 is 34.9 Å². The number of ether oxygens (including phenoxy) is 1. The molecule has 18 heavy (non-hydrogen) atoms. The van der Waals surface area contributed by atoms with Gasteiger partial charge in [-0.25, -0.2) is 4.79 Å². The highest BCUT2D eigenvalue weighted by atomic mass is 35.5. The quantitative estimate of drug-likeness (QED) is 0.659. The van der Waals surface area contributed by atoms with E-state index in [0.717, 1.165) is 5.69 Å². The molecule has 0 aromatic heterocycles. The van der Waals surface area contributed by atoms with Gasteiger partial charge in [0.15, 0.2) is 0 Å². The number of anilines is 1. The monoisotopic (exact) mass is 287 g/mol. The highest BCUT2D eigenvalue weighted by Gasteiger charge is 2.06. The smallest absolute Gasteiger partial charge is 0.333 e. The molecule has 0 spiro atoms. The molecule has 0 bridgehead atoms. The predicted molar refractivity (Wildman–Crippen MR) is 75.3 cm³/mol. The van der Waals surface area contributed by atoms with Crippen molar-refractivity contribution in [3.63, 3.8) is 0 Å². The Kier molecular flexibility index (Phi) is 6.02. The normalized spacial score (nSPS) is 11.2. The minimum atomic E-state index is -0.309. The first-order valence-corrected chi connectivity index (χ1v) is 6.31. The molecule has 0 atom stereocenters. The highest BCUT2D eigenvalue weighted by Crippen LogP contribution is 2.29. The van der Waals surface area contributed by atoms with Crippen LogP contribution in [-0.2, 0) is 9.53 Å². The maximum atomic E-state index is 11.3. The van der Waals surface area contributed by atoms with Gasteiger partial charge in [-0.05, 0) is 18.6 Å². The van der Waals surface area contributed by atoms with Crippen LogP contribution >= 0.6 is 23.2 Å². The number of carbonyl (C=O) groups excluding carboxylic acids is 1. The van der Waals surface area contributed by atoms with E-state index < -0.39 is 0 Å². The van der Waals surface area contributed by atoms with E-state index in [1.54, 1.807) is 18.2 Å². The Bertz CT molecular complexity index is 458. The van der Waals surface area contributed by atoms with Crippen molar-refractivity contribution in [3.8, 4) is 0 Å².